The van der Waals surface area contributed by atoms with Gasteiger partial charge in [0.15, 0.2) is 0 Å². The third-order valence-corrected chi connectivity index (χ3v) is 6.06. The number of hydrogen-bond donors (Lipinski definition) is 1. The number of hydrogen-bond acceptors (Lipinski definition) is 7. The molecule has 0 aliphatic heterocycles. The highest BCUT2D eigenvalue weighted by Crippen LogP contribution is 2.36. The molecule has 32 heavy (non-hydrogen) atoms. The van der Waals surface area contributed by atoms with Gasteiger partial charge in [-0.2, -0.15) is 0 Å². The number of nitrogens with zero attached hydrogens (tertiary/aromatic N) is 2. The minimum Gasteiger partial charge on any atom is -0.465 e. The first kappa shape index (κ1) is 23.2. The van der Waals surface area contributed by atoms with E-state index in [2.05, 4.69) is 10.1 Å². The molecule has 9 heteroatoms. The molecular weight excluding hydrogens is 430 g/mol. The Labute approximate surface area is 189 Å². The van der Waals surface area contributed by atoms with Crippen LogP contribution in [0.3, 0.4) is 0 Å². The van der Waals surface area contributed by atoms with Crippen LogP contribution in [0.25, 0.3) is 5.69 Å². The van der Waals surface area contributed by atoms with E-state index >= 15 is 0 Å². The third kappa shape index (κ3) is 4.72. The second-order valence-corrected chi connectivity index (χ2v) is 8.10. The van der Waals surface area contributed by atoms with Crippen LogP contribution in [0.2, 0.25) is 0 Å². The predicted octanol–water partition coefficient (Wildman–Crippen LogP) is 4.34. The maximum Gasteiger partial charge on any atom is 0.348 e. The minimum absolute atomic E-state index is 0.208. The molecule has 0 bridgehead atoms. The highest BCUT2D eigenvalue weighted by molar-refractivity contribution is 7.18. The average molecular weight is 456 g/mol. The Morgan fingerprint density at radius 1 is 1.19 bits per heavy atom. The summed E-state index contributed by atoms with van der Waals surface area (Å²) in [6.45, 7) is 5.69. The number of para-hydroxylation sites is 1. The van der Waals surface area contributed by atoms with Gasteiger partial charge in [-0.3, -0.25) is 9.89 Å². The number of nitrogens with one attached hydrogen (secondary N) is 1. The number of rotatable bonds is 8. The van der Waals surface area contributed by atoms with Gasteiger partial charge in [0.1, 0.15) is 15.4 Å². The van der Waals surface area contributed by atoms with Crippen LogP contribution in [0.1, 0.15) is 56.6 Å². The van der Waals surface area contributed by atoms with Crippen LogP contribution in [-0.4, -0.2) is 41.7 Å². The van der Waals surface area contributed by atoms with E-state index in [0.717, 1.165) is 24.2 Å². The first-order valence-corrected chi connectivity index (χ1v) is 11.0. The number of aryl methyl sites for hydroxylation is 1. The van der Waals surface area contributed by atoms with Crippen molar-refractivity contribution < 1.29 is 19.1 Å². The van der Waals surface area contributed by atoms with Gasteiger partial charge in [0.25, 0.3) is 5.56 Å². The van der Waals surface area contributed by atoms with Gasteiger partial charge in [-0.1, -0.05) is 31.5 Å². The summed E-state index contributed by atoms with van der Waals surface area (Å²) in [5.41, 5.74) is 2.05. The molecule has 0 amide bonds. The lowest BCUT2D eigenvalue weighted by Crippen LogP contribution is -2.17. The van der Waals surface area contributed by atoms with E-state index in [9.17, 15) is 14.4 Å². The van der Waals surface area contributed by atoms with Crippen molar-refractivity contribution in [3.8, 4) is 5.69 Å². The van der Waals surface area contributed by atoms with Crippen molar-refractivity contribution in [2.24, 2.45) is 4.99 Å². The maximum atomic E-state index is 12.9. The number of aliphatic imine (C=N–C) groups is 1. The van der Waals surface area contributed by atoms with E-state index in [1.165, 1.54) is 18.0 Å². The first-order chi connectivity index (χ1) is 15.4. The summed E-state index contributed by atoms with van der Waals surface area (Å²) in [6.07, 6.45) is 3.02. The molecule has 168 valence electrons. The molecule has 3 aromatic rings. The number of H-pyrrole nitrogens is 1. The van der Waals surface area contributed by atoms with Gasteiger partial charge in [0.05, 0.1) is 25.0 Å². The standard InChI is InChI=1S/C23H25N3O5S/c1-5-6-12-31-22(28)18-14(2)19(23(29)30-4)32-20(18)24-13-17-15(3)25-26(21(17)27)16-10-8-7-9-11-16/h7-11,13,25H,5-6,12H2,1-4H3/b24-13+. The quantitative estimate of drug-likeness (QED) is 0.309. The van der Waals surface area contributed by atoms with Crippen molar-refractivity contribution in [3.63, 3.8) is 0 Å². The van der Waals surface area contributed by atoms with Gasteiger partial charge >= 0.3 is 11.9 Å². The molecule has 0 atom stereocenters. The predicted molar refractivity (Wildman–Crippen MR) is 124 cm³/mol. The van der Waals surface area contributed by atoms with Crippen LogP contribution in [0.4, 0.5) is 5.00 Å². The van der Waals surface area contributed by atoms with Gasteiger partial charge in [0, 0.05) is 11.9 Å². The molecule has 3 rings (SSSR count). The average Bonchev–Trinajstić information content (AvgIpc) is 3.28. The minimum atomic E-state index is -0.555. The van der Waals surface area contributed by atoms with E-state index in [1.807, 2.05) is 37.3 Å². The zero-order valence-electron chi connectivity index (χ0n) is 18.4. The number of carbonyl (C=O) groups excluding carboxylic acids is 2. The number of thiophene rings is 1. The van der Waals surface area contributed by atoms with E-state index in [0.29, 0.717) is 22.5 Å². The molecule has 2 aromatic heterocycles. The van der Waals surface area contributed by atoms with E-state index < -0.39 is 11.9 Å². The van der Waals surface area contributed by atoms with Gasteiger partial charge in [-0.05, 0) is 38.0 Å². The van der Waals surface area contributed by atoms with Crippen molar-refractivity contribution in [2.75, 3.05) is 13.7 Å². The molecule has 2 heterocycles. The second-order valence-electron chi connectivity index (χ2n) is 7.10. The summed E-state index contributed by atoms with van der Waals surface area (Å²) in [5, 5.41) is 3.32. The molecule has 0 fully saturated rings. The van der Waals surface area contributed by atoms with Crippen molar-refractivity contribution in [1.82, 2.24) is 9.78 Å². The fraction of sp³-hybridized carbons (Fsp3) is 0.304. The van der Waals surface area contributed by atoms with Crippen molar-refractivity contribution in [3.05, 3.63) is 67.9 Å². The number of aromatic nitrogens is 2. The molecule has 0 saturated heterocycles. The second kappa shape index (κ2) is 10.2. The van der Waals surface area contributed by atoms with E-state index in [4.69, 9.17) is 9.47 Å². The molecule has 0 saturated carbocycles. The molecule has 1 N–H and O–H groups in total. The summed E-state index contributed by atoms with van der Waals surface area (Å²) in [6, 6.07) is 9.17. The molecule has 1 aromatic carbocycles. The van der Waals surface area contributed by atoms with E-state index in [1.54, 1.807) is 13.8 Å². The lowest BCUT2D eigenvalue weighted by atomic mass is 10.1. The number of methoxy groups -OCH3 is 1. The Kier molecular flexibility index (Phi) is 7.42. The number of aromatic amines is 1. The van der Waals surface area contributed by atoms with Crippen molar-refractivity contribution >= 4 is 34.5 Å². The topological polar surface area (TPSA) is 103 Å². The van der Waals surface area contributed by atoms with Crippen LogP contribution in [0.15, 0.2) is 40.1 Å². The zero-order valence-corrected chi connectivity index (χ0v) is 19.2. The number of benzene rings is 1. The largest absolute Gasteiger partial charge is 0.465 e. The number of esters is 2. The van der Waals surface area contributed by atoms with Crippen LogP contribution in [0.5, 0.6) is 0 Å². The molecule has 8 nitrogen and oxygen atoms in total. The molecule has 0 unspecified atom stereocenters. The number of carbonyl (C=O) groups is 2. The van der Waals surface area contributed by atoms with Crippen molar-refractivity contribution in [2.45, 2.75) is 33.6 Å². The highest BCUT2D eigenvalue weighted by atomic mass is 32.1. The Morgan fingerprint density at radius 2 is 1.91 bits per heavy atom. The number of unbranched alkanes of at least 4 members (excludes halogenated alkanes) is 1. The molecule has 0 aliphatic carbocycles. The van der Waals surface area contributed by atoms with Gasteiger partial charge in [0.2, 0.25) is 0 Å². The van der Waals surface area contributed by atoms with Crippen LogP contribution in [0, 0.1) is 13.8 Å². The molecule has 0 spiro atoms. The zero-order chi connectivity index (χ0) is 23.3. The normalized spacial score (nSPS) is 11.1. The maximum absolute atomic E-state index is 12.9. The summed E-state index contributed by atoms with van der Waals surface area (Å²) in [4.78, 5) is 42.4. The van der Waals surface area contributed by atoms with Crippen LogP contribution in [-0.2, 0) is 9.47 Å². The first-order valence-electron chi connectivity index (χ1n) is 10.2. The lowest BCUT2D eigenvalue weighted by Gasteiger charge is -2.04. The Bertz CT molecular complexity index is 1200. The van der Waals surface area contributed by atoms with Gasteiger partial charge in [-0.15, -0.1) is 11.3 Å². The third-order valence-electron chi connectivity index (χ3n) is 4.88. The highest BCUT2D eigenvalue weighted by Gasteiger charge is 2.26. The van der Waals surface area contributed by atoms with Crippen molar-refractivity contribution in [1.29, 1.82) is 0 Å². The Balaban J connectivity index is 2.01. The smallest absolute Gasteiger partial charge is 0.348 e. The van der Waals surface area contributed by atoms with E-state index in [-0.39, 0.29) is 27.6 Å². The summed E-state index contributed by atoms with van der Waals surface area (Å²) in [5.74, 6) is -1.11. The molecule has 0 aliphatic rings. The van der Waals surface area contributed by atoms with Crippen LogP contribution < -0.4 is 5.56 Å². The Morgan fingerprint density at radius 3 is 2.56 bits per heavy atom. The van der Waals surface area contributed by atoms with Gasteiger partial charge < -0.3 is 9.47 Å². The number of ether oxygens (including phenoxy) is 2. The monoisotopic (exact) mass is 455 g/mol. The fourth-order valence-electron chi connectivity index (χ4n) is 3.09. The summed E-state index contributed by atoms with van der Waals surface area (Å²) in [7, 11) is 1.28. The fourth-order valence-corrected chi connectivity index (χ4v) is 4.15. The summed E-state index contributed by atoms with van der Waals surface area (Å²) >= 11 is 1.03. The summed E-state index contributed by atoms with van der Waals surface area (Å²) < 4.78 is 11.6. The Hall–Kier alpha value is -3.46. The SMILES string of the molecule is CCCCOC(=O)c1c(/N=C/c2c(C)[nH]n(-c3ccccc3)c2=O)sc(C(=O)OC)c1C. The molecule has 0 radical (unpaired) electrons. The van der Waals surface area contributed by atoms with Gasteiger partial charge in [-0.25, -0.2) is 19.3 Å². The lowest BCUT2D eigenvalue weighted by molar-refractivity contribution is 0.0500. The molecular formula is C23H25N3O5S. The van der Waals surface area contributed by atoms with Crippen LogP contribution >= 0.6 is 11.3 Å².